The molecule has 3 nitrogen and oxygen atoms in total. The molecule has 0 aliphatic heterocycles. The van der Waals surface area contributed by atoms with Crippen molar-refractivity contribution in [3.05, 3.63) is 29.8 Å². The number of ether oxygens (including phenoxy) is 1. The smallest absolute Gasteiger partial charge is 0.387 e. The van der Waals surface area contributed by atoms with Gasteiger partial charge in [0.15, 0.2) is 0 Å². The highest BCUT2D eigenvalue weighted by molar-refractivity contribution is 6.20. The average Bonchev–Trinajstić information content (AvgIpc) is 2.82. The Balaban J connectivity index is 1.95. The van der Waals surface area contributed by atoms with Crippen LogP contribution in [-0.2, 0) is 0 Å². The zero-order valence-corrected chi connectivity index (χ0v) is 11.6. The van der Waals surface area contributed by atoms with E-state index in [1.165, 1.54) is 12.1 Å². The van der Waals surface area contributed by atoms with E-state index in [-0.39, 0.29) is 16.7 Å². The first kappa shape index (κ1) is 15.0. The maximum Gasteiger partial charge on any atom is 0.387 e. The van der Waals surface area contributed by atoms with Crippen molar-refractivity contribution in [2.75, 3.05) is 6.54 Å². The molecule has 1 aromatic rings. The van der Waals surface area contributed by atoms with Crippen LogP contribution in [0.15, 0.2) is 24.3 Å². The lowest BCUT2D eigenvalue weighted by molar-refractivity contribution is -0.0501. The minimum absolute atomic E-state index is 0.110. The number of rotatable bonds is 5. The Hall–Kier alpha value is -1.36. The molecule has 1 amide bonds. The summed E-state index contributed by atoms with van der Waals surface area (Å²) in [6, 6.07) is 5.97. The molecule has 0 radical (unpaired) electrons. The van der Waals surface area contributed by atoms with E-state index in [9.17, 15) is 13.6 Å². The molecule has 0 spiro atoms. The Bertz CT molecular complexity index is 470. The summed E-state index contributed by atoms with van der Waals surface area (Å²) in [5.74, 6) is -0.162. The number of hydrogen-bond acceptors (Lipinski definition) is 2. The van der Waals surface area contributed by atoms with Gasteiger partial charge < -0.3 is 10.1 Å². The Morgan fingerprint density at radius 2 is 2.15 bits per heavy atom. The molecule has 0 saturated heterocycles. The monoisotopic (exact) mass is 303 g/mol. The fraction of sp³-hybridized carbons (Fsp3) is 0.500. The van der Waals surface area contributed by atoms with Crippen LogP contribution in [-0.4, -0.2) is 24.4 Å². The fourth-order valence-electron chi connectivity index (χ4n) is 2.38. The van der Waals surface area contributed by atoms with Gasteiger partial charge in [-0.3, -0.25) is 4.79 Å². The molecular formula is C14H16ClF2NO2. The van der Waals surface area contributed by atoms with Gasteiger partial charge >= 0.3 is 6.61 Å². The van der Waals surface area contributed by atoms with E-state index >= 15 is 0 Å². The Morgan fingerprint density at radius 1 is 1.40 bits per heavy atom. The van der Waals surface area contributed by atoms with Gasteiger partial charge in [0.2, 0.25) is 0 Å². The molecular weight excluding hydrogens is 288 g/mol. The van der Waals surface area contributed by atoms with Crippen molar-refractivity contribution in [3.63, 3.8) is 0 Å². The molecule has 110 valence electrons. The first-order chi connectivity index (χ1) is 9.56. The highest BCUT2D eigenvalue weighted by atomic mass is 35.5. The van der Waals surface area contributed by atoms with Crippen LogP contribution in [0, 0.1) is 5.92 Å². The van der Waals surface area contributed by atoms with E-state index in [4.69, 9.17) is 11.6 Å². The molecule has 20 heavy (non-hydrogen) atoms. The number of hydrogen-bond donors (Lipinski definition) is 1. The summed E-state index contributed by atoms with van der Waals surface area (Å²) in [4.78, 5) is 12.0. The van der Waals surface area contributed by atoms with Crippen molar-refractivity contribution in [3.8, 4) is 5.75 Å². The molecule has 1 fully saturated rings. The standard InChI is InChI=1S/C14H16ClF2NO2/c15-10-6-5-9(7-10)8-18-13(19)11-3-1-2-4-12(11)20-14(16)17/h1-4,9-10,14H,5-8H2,(H,18,19). The van der Waals surface area contributed by atoms with Gasteiger partial charge in [0.05, 0.1) is 5.56 Å². The number of amides is 1. The van der Waals surface area contributed by atoms with E-state index in [1.54, 1.807) is 12.1 Å². The number of nitrogens with one attached hydrogen (secondary N) is 1. The summed E-state index contributed by atoms with van der Waals surface area (Å²) >= 11 is 6.01. The second kappa shape index (κ2) is 6.88. The molecule has 2 rings (SSSR count). The predicted octanol–water partition coefficient (Wildman–Crippen LogP) is 3.43. The zero-order valence-electron chi connectivity index (χ0n) is 10.8. The number of alkyl halides is 3. The molecule has 1 saturated carbocycles. The molecule has 1 aliphatic carbocycles. The summed E-state index contributed by atoms with van der Waals surface area (Å²) < 4.78 is 28.9. The summed E-state index contributed by atoms with van der Waals surface area (Å²) in [5.41, 5.74) is 0.119. The molecule has 1 aliphatic rings. The van der Waals surface area contributed by atoms with Gasteiger partial charge in [-0.1, -0.05) is 12.1 Å². The lowest BCUT2D eigenvalue weighted by Crippen LogP contribution is -2.29. The van der Waals surface area contributed by atoms with Crippen LogP contribution >= 0.6 is 11.6 Å². The molecule has 6 heteroatoms. The maximum absolute atomic E-state index is 12.3. The van der Waals surface area contributed by atoms with Crippen LogP contribution < -0.4 is 10.1 Å². The lowest BCUT2D eigenvalue weighted by atomic mass is 10.1. The molecule has 0 aromatic heterocycles. The van der Waals surface area contributed by atoms with Gasteiger partial charge in [-0.25, -0.2) is 0 Å². The number of halogens is 3. The second-order valence-corrected chi connectivity index (χ2v) is 5.48. The van der Waals surface area contributed by atoms with E-state index < -0.39 is 12.5 Å². The van der Waals surface area contributed by atoms with Crippen molar-refractivity contribution in [1.82, 2.24) is 5.32 Å². The minimum Gasteiger partial charge on any atom is -0.434 e. The van der Waals surface area contributed by atoms with Gasteiger partial charge in [0.25, 0.3) is 5.91 Å². The Labute approximate surface area is 121 Å². The average molecular weight is 304 g/mol. The number of carbonyl (C=O) groups is 1. The van der Waals surface area contributed by atoms with Crippen LogP contribution in [0.5, 0.6) is 5.75 Å². The van der Waals surface area contributed by atoms with Crippen molar-refractivity contribution >= 4 is 17.5 Å². The molecule has 1 N–H and O–H groups in total. The Morgan fingerprint density at radius 3 is 2.80 bits per heavy atom. The van der Waals surface area contributed by atoms with Crippen LogP contribution in [0.2, 0.25) is 0 Å². The maximum atomic E-state index is 12.3. The fourth-order valence-corrected chi connectivity index (χ4v) is 2.76. The van der Waals surface area contributed by atoms with Crippen LogP contribution in [0.3, 0.4) is 0 Å². The number of benzene rings is 1. The normalized spacial score (nSPS) is 22.0. The van der Waals surface area contributed by atoms with Gasteiger partial charge in [-0.05, 0) is 37.3 Å². The van der Waals surface area contributed by atoms with Crippen LogP contribution in [0.4, 0.5) is 8.78 Å². The van der Waals surface area contributed by atoms with E-state index in [0.717, 1.165) is 19.3 Å². The van der Waals surface area contributed by atoms with Crippen LogP contribution in [0.1, 0.15) is 29.6 Å². The second-order valence-electron chi connectivity index (χ2n) is 4.86. The third-order valence-corrected chi connectivity index (χ3v) is 3.77. The predicted molar refractivity (Wildman–Crippen MR) is 72.4 cm³/mol. The number of para-hydroxylation sites is 1. The topological polar surface area (TPSA) is 38.3 Å². The van der Waals surface area contributed by atoms with Crippen LogP contribution in [0.25, 0.3) is 0 Å². The van der Waals surface area contributed by atoms with Crippen molar-refractivity contribution in [2.24, 2.45) is 5.92 Å². The van der Waals surface area contributed by atoms with Crippen molar-refractivity contribution < 1.29 is 18.3 Å². The molecule has 0 bridgehead atoms. The Kier molecular flexibility index (Phi) is 5.17. The quantitative estimate of drug-likeness (QED) is 0.846. The van der Waals surface area contributed by atoms with E-state index in [1.807, 2.05) is 0 Å². The first-order valence-corrected chi connectivity index (χ1v) is 6.96. The summed E-state index contributed by atoms with van der Waals surface area (Å²) in [6.07, 6.45) is 2.80. The minimum atomic E-state index is -2.95. The first-order valence-electron chi connectivity index (χ1n) is 6.52. The van der Waals surface area contributed by atoms with E-state index in [0.29, 0.717) is 12.5 Å². The summed E-state index contributed by atoms with van der Waals surface area (Å²) in [7, 11) is 0. The molecule has 2 unspecified atom stereocenters. The lowest BCUT2D eigenvalue weighted by Gasteiger charge is -2.13. The van der Waals surface area contributed by atoms with Gasteiger partial charge in [-0.2, -0.15) is 8.78 Å². The van der Waals surface area contributed by atoms with Crippen molar-refractivity contribution in [1.29, 1.82) is 0 Å². The molecule has 2 atom stereocenters. The largest absolute Gasteiger partial charge is 0.434 e. The van der Waals surface area contributed by atoms with Crippen molar-refractivity contribution in [2.45, 2.75) is 31.3 Å². The molecule has 1 aromatic carbocycles. The van der Waals surface area contributed by atoms with Gasteiger partial charge in [-0.15, -0.1) is 11.6 Å². The van der Waals surface area contributed by atoms with Gasteiger partial charge in [0.1, 0.15) is 5.75 Å². The highest BCUT2D eigenvalue weighted by Crippen LogP contribution is 2.29. The zero-order chi connectivity index (χ0) is 14.5. The highest BCUT2D eigenvalue weighted by Gasteiger charge is 2.24. The number of carbonyl (C=O) groups excluding carboxylic acids is 1. The third kappa shape index (κ3) is 4.07. The van der Waals surface area contributed by atoms with E-state index in [2.05, 4.69) is 10.1 Å². The summed E-state index contributed by atoms with van der Waals surface area (Å²) in [6.45, 7) is -2.44. The SMILES string of the molecule is O=C(NCC1CCC(Cl)C1)c1ccccc1OC(F)F. The third-order valence-electron chi connectivity index (χ3n) is 3.38. The van der Waals surface area contributed by atoms with Gasteiger partial charge in [0, 0.05) is 11.9 Å². The summed E-state index contributed by atoms with van der Waals surface area (Å²) in [5, 5.41) is 2.93. The molecule has 0 heterocycles.